The fourth-order valence-corrected chi connectivity index (χ4v) is 3.35. The molecule has 144 valence electrons. The third kappa shape index (κ3) is 4.90. The van der Waals surface area contributed by atoms with E-state index >= 15 is 0 Å². The molecule has 0 saturated carbocycles. The summed E-state index contributed by atoms with van der Waals surface area (Å²) in [6, 6.07) is 14.1. The minimum Gasteiger partial charge on any atom is -0.507 e. The zero-order valence-corrected chi connectivity index (χ0v) is 16.6. The molecule has 0 fully saturated rings. The molecule has 2 N–H and O–H groups in total. The van der Waals surface area contributed by atoms with Crippen LogP contribution in [0.1, 0.15) is 12.5 Å². The van der Waals surface area contributed by atoms with Crippen LogP contribution < -0.4 is 5.43 Å². The molecule has 0 atom stereocenters. The Morgan fingerprint density at radius 2 is 2.00 bits per heavy atom. The van der Waals surface area contributed by atoms with Crippen LogP contribution >= 0.6 is 23.4 Å². The first-order chi connectivity index (χ1) is 13.6. The highest BCUT2D eigenvalue weighted by atomic mass is 35.5. The van der Waals surface area contributed by atoms with E-state index in [1.807, 2.05) is 23.6 Å². The lowest BCUT2D eigenvalue weighted by atomic mass is 10.2. The summed E-state index contributed by atoms with van der Waals surface area (Å²) in [6.07, 6.45) is 1.39. The molecule has 2 aromatic carbocycles. The molecule has 3 rings (SSSR count). The van der Waals surface area contributed by atoms with Crippen LogP contribution in [0, 0.1) is 0 Å². The van der Waals surface area contributed by atoms with Crippen LogP contribution in [0.2, 0.25) is 5.02 Å². The second kappa shape index (κ2) is 9.38. The number of carbonyl (C=O) groups is 1. The molecule has 0 spiro atoms. The Morgan fingerprint density at radius 3 is 2.71 bits per heavy atom. The summed E-state index contributed by atoms with van der Waals surface area (Å²) in [7, 11) is 0. The van der Waals surface area contributed by atoms with Gasteiger partial charge in [-0.05, 0) is 43.3 Å². The van der Waals surface area contributed by atoms with E-state index in [0.29, 0.717) is 22.3 Å². The highest BCUT2D eigenvalue weighted by molar-refractivity contribution is 7.99. The van der Waals surface area contributed by atoms with Crippen LogP contribution in [0.15, 0.2) is 58.8 Å². The minimum absolute atomic E-state index is 0.0978. The molecule has 0 aliphatic carbocycles. The van der Waals surface area contributed by atoms with Crippen molar-refractivity contribution in [3.8, 4) is 17.1 Å². The van der Waals surface area contributed by atoms with Crippen LogP contribution in [-0.4, -0.2) is 37.7 Å². The van der Waals surface area contributed by atoms with Crippen LogP contribution in [0.3, 0.4) is 0 Å². The quantitative estimate of drug-likeness (QED) is 0.349. The van der Waals surface area contributed by atoms with Crippen LogP contribution in [0.25, 0.3) is 11.4 Å². The number of hydrogen-bond acceptors (Lipinski definition) is 6. The zero-order chi connectivity index (χ0) is 19.9. The normalized spacial score (nSPS) is 11.1. The van der Waals surface area contributed by atoms with Gasteiger partial charge in [-0.2, -0.15) is 5.10 Å². The molecule has 0 unspecified atom stereocenters. The summed E-state index contributed by atoms with van der Waals surface area (Å²) in [5.74, 6) is 0.673. The van der Waals surface area contributed by atoms with Crippen molar-refractivity contribution in [3.05, 3.63) is 59.1 Å². The SMILES string of the molecule is CCn1c(SCC(=O)NN=Cc2ccccc2O)nnc1-c1ccc(Cl)cc1. The second-order valence-corrected chi connectivity index (χ2v) is 7.08. The predicted octanol–water partition coefficient (Wildman–Crippen LogP) is 3.57. The average Bonchev–Trinajstić information content (AvgIpc) is 3.11. The standard InChI is InChI=1S/C19H18ClN5O2S/c1-2-25-18(13-7-9-15(20)10-8-13)23-24-19(25)28-12-17(27)22-21-11-14-5-3-4-6-16(14)26/h3-11,26H,2,12H2,1H3,(H,22,27). The van der Waals surface area contributed by atoms with Gasteiger partial charge in [0.05, 0.1) is 12.0 Å². The Kier molecular flexibility index (Phi) is 6.67. The van der Waals surface area contributed by atoms with Crippen molar-refractivity contribution < 1.29 is 9.90 Å². The number of hydrogen-bond donors (Lipinski definition) is 2. The van der Waals surface area contributed by atoms with E-state index in [0.717, 1.165) is 11.4 Å². The topological polar surface area (TPSA) is 92.4 Å². The molecule has 3 aromatic rings. The fourth-order valence-electron chi connectivity index (χ4n) is 2.43. The van der Waals surface area contributed by atoms with Crippen molar-refractivity contribution in [1.82, 2.24) is 20.2 Å². The third-order valence-corrected chi connectivity index (χ3v) is 5.02. The Morgan fingerprint density at radius 1 is 1.25 bits per heavy atom. The highest BCUT2D eigenvalue weighted by Gasteiger charge is 2.14. The lowest BCUT2D eigenvalue weighted by Crippen LogP contribution is -2.20. The van der Waals surface area contributed by atoms with Gasteiger partial charge in [0.1, 0.15) is 5.75 Å². The van der Waals surface area contributed by atoms with Gasteiger partial charge in [-0.15, -0.1) is 10.2 Å². The van der Waals surface area contributed by atoms with E-state index in [9.17, 15) is 9.90 Å². The van der Waals surface area contributed by atoms with Crippen LogP contribution in [0.4, 0.5) is 0 Å². The molecule has 7 nitrogen and oxygen atoms in total. The van der Waals surface area contributed by atoms with Crippen molar-refractivity contribution in [2.24, 2.45) is 5.10 Å². The van der Waals surface area contributed by atoms with Gasteiger partial charge in [-0.25, -0.2) is 5.43 Å². The van der Waals surface area contributed by atoms with E-state index < -0.39 is 0 Å². The number of carbonyl (C=O) groups excluding carboxylic acids is 1. The maximum absolute atomic E-state index is 12.0. The molecule has 9 heteroatoms. The molecule has 0 radical (unpaired) electrons. The molecule has 0 bridgehead atoms. The number of hydrazone groups is 1. The van der Waals surface area contributed by atoms with Crippen LogP contribution in [-0.2, 0) is 11.3 Å². The number of halogens is 1. The number of aromatic nitrogens is 3. The first kappa shape index (κ1) is 19.9. The Hall–Kier alpha value is -2.84. The lowest BCUT2D eigenvalue weighted by molar-refractivity contribution is -0.118. The number of phenolic OH excluding ortho intramolecular Hbond substituents is 1. The van der Waals surface area contributed by atoms with Gasteiger partial charge in [0.25, 0.3) is 5.91 Å². The predicted molar refractivity (Wildman–Crippen MR) is 111 cm³/mol. The molecule has 28 heavy (non-hydrogen) atoms. The first-order valence-electron chi connectivity index (χ1n) is 8.50. The molecule has 1 heterocycles. The van der Waals surface area contributed by atoms with Gasteiger partial charge in [0.15, 0.2) is 11.0 Å². The van der Waals surface area contributed by atoms with Gasteiger partial charge < -0.3 is 9.67 Å². The summed E-state index contributed by atoms with van der Waals surface area (Å²) in [5, 5.41) is 23.3. The molecule has 0 aliphatic rings. The lowest BCUT2D eigenvalue weighted by Gasteiger charge is -2.07. The minimum atomic E-state index is -0.282. The first-order valence-corrected chi connectivity index (χ1v) is 9.86. The highest BCUT2D eigenvalue weighted by Crippen LogP contribution is 2.25. The van der Waals surface area contributed by atoms with Gasteiger partial charge >= 0.3 is 0 Å². The number of rotatable bonds is 7. The second-order valence-electron chi connectivity index (χ2n) is 5.70. The van der Waals surface area contributed by atoms with Gasteiger partial charge in [0, 0.05) is 22.7 Å². The van der Waals surface area contributed by atoms with E-state index in [1.54, 1.807) is 36.4 Å². The van der Waals surface area contributed by atoms with E-state index in [1.165, 1.54) is 18.0 Å². The van der Waals surface area contributed by atoms with Crippen molar-refractivity contribution >= 4 is 35.5 Å². The van der Waals surface area contributed by atoms with E-state index in [2.05, 4.69) is 20.7 Å². The summed E-state index contributed by atoms with van der Waals surface area (Å²) in [4.78, 5) is 12.0. The largest absolute Gasteiger partial charge is 0.507 e. The number of aromatic hydroxyl groups is 1. The number of phenols is 1. The summed E-state index contributed by atoms with van der Waals surface area (Å²) in [5.41, 5.74) is 3.86. The molecular formula is C19H18ClN5O2S. The van der Waals surface area contributed by atoms with Crippen molar-refractivity contribution in [1.29, 1.82) is 0 Å². The molecule has 0 saturated heterocycles. The molecule has 0 aliphatic heterocycles. The maximum atomic E-state index is 12.0. The summed E-state index contributed by atoms with van der Waals surface area (Å²) >= 11 is 7.21. The van der Waals surface area contributed by atoms with Crippen molar-refractivity contribution in [2.75, 3.05) is 5.75 Å². The number of nitrogens with zero attached hydrogens (tertiary/aromatic N) is 4. The smallest absolute Gasteiger partial charge is 0.250 e. The van der Waals surface area contributed by atoms with Gasteiger partial charge in [-0.3, -0.25) is 4.79 Å². The number of benzene rings is 2. The van der Waals surface area contributed by atoms with Crippen molar-refractivity contribution in [2.45, 2.75) is 18.6 Å². The Balaban J connectivity index is 1.60. The number of amides is 1. The Bertz CT molecular complexity index is 988. The van der Waals surface area contributed by atoms with Crippen LogP contribution in [0.5, 0.6) is 5.75 Å². The number of nitrogens with one attached hydrogen (secondary N) is 1. The summed E-state index contributed by atoms with van der Waals surface area (Å²) < 4.78 is 1.94. The maximum Gasteiger partial charge on any atom is 0.250 e. The monoisotopic (exact) mass is 415 g/mol. The summed E-state index contributed by atoms with van der Waals surface area (Å²) in [6.45, 7) is 2.66. The van der Waals surface area contributed by atoms with Gasteiger partial charge in [-0.1, -0.05) is 35.5 Å². The number of para-hydroxylation sites is 1. The molecule has 1 aromatic heterocycles. The molecular weight excluding hydrogens is 398 g/mol. The molecule has 1 amide bonds. The van der Waals surface area contributed by atoms with E-state index in [4.69, 9.17) is 11.6 Å². The Labute approximate surface area is 171 Å². The average molecular weight is 416 g/mol. The van der Waals surface area contributed by atoms with Gasteiger partial charge in [0.2, 0.25) is 0 Å². The number of thioether (sulfide) groups is 1. The third-order valence-electron chi connectivity index (χ3n) is 3.80. The van der Waals surface area contributed by atoms with Crippen molar-refractivity contribution in [3.63, 3.8) is 0 Å². The van der Waals surface area contributed by atoms with E-state index in [-0.39, 0.29) is 17.4 Å². The zero-order valence-electron chi connectivity index (χ0n) is 15.0. The fraction of sp³-hybridized carbons (Fsp3) is 0.158.